The molecule has 0 unspecified atom stereocenters. The molecule has 1 aromatic rings. The molecule has 0 aromatic heterocycles. The molecule has 0 radical (unpaired) electrons. The average molecular weight is 250 g/mol. The number of hydrogen-bond acceptors (Lipinski definition) is 4. The lowest BCUT2D eigenvalue weighted by molar-refractivity contribution is -0.151. The lowest BCUT2D eigenvalue weighted by Gasteiger charge is -2.36. The molecular weight excluding hydrogens is 232 g/mol. The molecule has 98 valence electrons. The van der Waals surface area contributed by atoms with Gasteiger partial charge in [0.15, 0.2) is 0 Å². The highest BCUT2D eigenvalue weighted by molar-refractivity contribution is 5.71. The normalized spacial score (nSPS) is 26.1. The maximum Gasteiger partial charge on any atom is 0.309 e. The third-order valence-corrected chi connectivity index (χ3v) is 3.08. The van der Waals surface area contributed by atoms with Gasteiger partial charge >= 0.3 is 5.97 Å². The van der Waals surface area contributed by atoms with E-state index in [1.54, 1.807) is 19.1 Å². The van der Waals surface area contributed by atoms with E-state index in [2.05, 4.69) is 0 Å². The molecule has 0 fully saturated rings. The highest BCUT2D eigenvalue weighted by Gasteiger charge is 2.40. The molecule has 0 bridgehead atoms. The molecule has 1 aliphatic rings. The van der Waals surface area contributed by atoms with Crippen molar-refractivity contribution in [1.29, 1.82) is 0 Å². The Morgan fingerprint density at radius 2 is 2.28 bits per heavy atom. The minimum atomic E-state index is -1.19. The van der Waals surface area contributed by atoms with Crippen molar-refractivity contribution in [2.75, 3.05) is 6.61 Å². The summed E-state index contributed by atoms with van der Waals surface area (Å²) in [7, 11) is 0. The molecule has 2 atom stereocenters. The van der Waals surface area contributed by atoms with Gasteiger partial charge in [-0.1, -0.05) is 18.2 Å². The first kappa shape index (κ1) is 12.9. The molecule has 1 N–H and O–H groups in total. The summed E-state index contributed by atoms with van der Waals surface area (Å²) < 4.78 is 10.6. The van der Waals surface area contributed by atoms with E-state index in [-0.39, 0.29) is 18.5 Å². The Hall–Kier alpha value is -1.55. The molecule has 18 heavy (non-hydrogen) atoms. The van der Waals surface area contributed by atoms with Gasteiger partial charge < -0.3 is 14.6 Å². The van der Waals surface area contributed by atoms with Crippen molar-refractivity contribution in [1.82, 2.24) is 0 Å². The van der Waals surface area contributed by atoms with Gasteiger partial charge in [0.2, 0.25) is 0 Å². The fraction of sp³-hybridized carbons (Fsp3) is 0.500. The summed E-state index contributed by atoms with van der Waals surface area (Å²) in [6, 6.07) is 7.28. The van der Waals surface area contributed by atoms with E-state index in [4.69, 9.17) is 9.47 Å². The number of carbonyl (C=O) groups is 1. The number of hydrogen-bond donors (Lipinski definition) is 1. The van der Waals surface area contributed by atoms with Crippen molar-refractivity contribution >= 4 is 5.97 Å². The van der Waals surface area contributed by atoms with Gasteiger partial charge in [-0.15, -0.1) is 0 Å². The lowest BCUT2D eigenvalue weighted by atomic mass is 9.83. The first-order valence-electron chi connectivity index (χ1n) is 6.19. The van der Waals surface area contributed by atoms with Crippen molar-refractivity contribution in [3.63, 3.8) is 0 Å². The maximum absolute atomic E-state index is 11.6. The number of ether oxygens (including phenoxy) is 2. The van der Waals surface area contributed by atoms with Gasteiger partial charge in [0, 0.05) is 12.0 Å². The first-order chi connectivity index (χ1) is 8.55. The van der Waals surface area contributed by atoms with Crippen LogP contribution in [0, 0.1) is 0 Å². The molecule has 2 rings (SSSR count). The van der Waals surface area contributed by atoms with Crippen LogP contribution < -0.4 is 4.74 Å². The van der Waals surface area contributed by atoms with Crippen molar-refractivity contribution in [3.8, 4) is 5.75 Å². The Balaban J connectivity index is 2.29. The monoisotopic (exact) mass is 250 g/mol. The van der Waals surface area contributed by atoms with Gasteiger partial charge in [-0.2, -0.15) is 0 Å². The molecule has 0 aliphatic carbocycles. The van der Waals surface area contributed by atoms with Crippen LogP contribution in [0.1, 0.15) is 32.3 Å². The van der Waals surface area contributed by atoms with Crippen LogP contribution in [0.25, 0.3) is 0 Å². The fourth-order valence-corrected chi connectivity index (χ4v) is 2.42. The number of benzene rings is 1. The van der Waals surface area contributed by atoms with Crippen molar-refractivity contribution in [3.05, 3.63) is 29.8 Å². The minimum absolute atomic E-state index is 0.0362. The van der Waals surface area contributed by atoms with Gasteiger partial charge in [0.25, 0.3) is 0 Å². The molecule has 0 spiro atoms. The SMILES string of the molecule is CCOC(=O)C[C@]1(O)C[C@@H](C)Oc2ccccc21. The number of rotatable bonds is 3. The Labute approximate surface area is 107 Å². The quantitative estimate of drug-likeness (QED) is 0.834. The van der Waals surface area contributed by atoms with Crippen LogP contribution in [0.4, 0.5) is 0 Å². The number of para-hydroxylation sites is 1. The summed E-state index contributed by atoms with van der Waals surface area (Å²) in [5.74, 6) is 0.256. The molecule has 1 aliphatic heterocycles. The van der Waals surface area contributed by atoms with Gasteiger partial charge in [0.1, 0.15) is 11.4 Å². The summed E-state index contributed by atoms with van der Waals surface area (Å²) in [6.45, 7) is 3.96. The van der Waals surface area contributed by atoms with Gasteiger partial charge in [-0.3, -0.25) is 4.79 Å². The maximum atomic E-state index is 11.6. The van der Waals surface area contributed by atoms with Gasteiger partial charge in [-0.05, 0) is 19.9 Å². The molecule has 0 saturated carbocycles. The molecular formula is C14H18O4. The van der Waals surface area contributed by atoms with Crippen LogP contribution in [-0.4, -0.2) is 23.8 Å². The summed E-state index contributed by atoms with van der Waals surface area (Å²) in [5.41, 5.74) is -0.531. The smallest absolute Gasteiger partial charge is 0.309 e. The summed E-state index contributed by atoms with van der Waals surface area (Å²) in [5, 5.41) is 10.7. The van der Waals surface area contributed by atoms with E-state index < -0.39 is 5.60 Å². The zero-order valence-electron chi connectivity index (χ0n) is 10.7. The number of aliphatic hydroxyl groups is 1. The zero-order chi connectivity index (χ0) is 13.2. The zero-order valence-corrected chi connectivity index (χ0v) is 10.7. The first-order valence-corrected chi connectivity index (χ1v) is 6.19. The average Bonchev–Trinajstić information content (AvgIpc) is 2.28. The van der Waals surface area contributed by atoms with Gasteiger partial charge in [0.05, 0.1) is 19.1 Å². The number of esters is 1. The molecule has 0 saturated heterocycles. The van der Waals surface area contributed by atoms with E-state index >= 15 is 0 Å². The second-order valence-electron chi connectivity index (χ2n) is 4.64. The summed E-state index contributed by atoms with van der Waals surface area (Å²) in [6.07, 6.45) is 0.230. The predicted octanol–water partition coefficient (Wildman–Crippen LogP) is 2.00. The largest absolute Gasteiger partial charge is 0.490 e. The highest BCUT2D eigenvalue weighted by Crippen LogP contribution is 2.41. The van der Waals surface area contributed by atoms with Crippen LogP contribution in [-0.2, 0) is 15.1 Å². The Kier molecular flexibility index (Phi) is 3.57. The van der Waals surface area contributed by atoms with Crippen LogP contribution in [0.2, 0.25) is 0 Å². The molecule has 1 heterocycles. The van der Waals surface area contributed by atoms with Crippen molar-refractivity contribution < 1.29 is 19.4 Å². The molecule has 4 nitrogen and oxygen atoms in total. The second-order valence-corrected chi connectivity index (χ2v) is 4.64. The third kappa shape index (κ3) is 2.48. The van der Waals surface area contributed by atoms with Crippen molar-refractivity contribution in [2.24, 2.45) is 0 Å². The van der Waals surface area contributed by atoms with E-state index in [1.807, 2.05) is 19.1 Å². The summed E-state index contributed by atoms with van der Waals surface area (Å²) >= 11 is 0. The number of carbonyl (C=O) groups excluding carboxylic acids is 1. The topological polar surface area (TPSA) is 55.8 Å². The van der Waals surface area contributed by atoms with Crippen LogP contribution in [0.15, 0.2) is 24.3 Å². The molecule has 4 heteroatoms. The van der Waals surface area contributed by atoms with E-state index in [0.717, 1.165) is 0 Å². The van der Waals surface area contributed by atoms with Crippen LogP contribution in [0.5, 0.6) is 5.75 Å². The Morgan fingerprint density at radius 1 is 1.56 bits per heavy atom. The third-order valence-electron chi connectivity index (χ3n) is 3.08. The standard InChI is InChI=1S/C14H18O4/c1-3-17-13(15)9-14(16)8-10(2)18-12-7-5-4-6-11(12)14/h4-7,10,16H,3,8-9H2,1-2H3/t10-,14-/m1/s1. The van der Waals surface area contributed by atoms with E-state index in [0.29, 0.717) is 24.3 Å². The predicted molar refractivity (Wildman–Crippen MR) is 66.3 cm³/mol. The Morgan fingerprint density at radius 3 is 3.00 bits per heavy atom. The minimum Gasteiger partial charge on any atom is -0.490 e. The molecule has 1 aromatic carbocycles. The van der Waals surface area contributed by atoms with Crippen LogP contribution in [0.3, 0.4) is 0 Å². The van der Waals surface area contributed by atoms with Crippen molar-refractivity contribution in [2.45, 2.75) is 38.4 Å². The molecule has 0 amide bonds. The van der Waals surface area contributed by atoms with E-state index in [9.17, 15) is 9.90 Å². The second kappa shape index (κ2) is 4.98. The Bertz CT molecular complexity index is 443. The van der Waals surface area contributed by atoms with E-state index in [1.165, 1.54) is 0 Å². The summed E-state index contributed by atoms with van der Waals surface area (Å²) in [4.78, 5) is 11.6. The van der Waals surface area contributed by atoms with Crippen LogP contribution >= 0.6 is 0 Å². The van der Waals surface area contributed by atoms with Gasteiger partial charge in [-0.25, -0.2) is 0 Å². The highest BCUT2D eigenvalue weighted by atomic mass is 16.5. The lowest BCUT2D eigenvalue weighted by Crippen LogP contribution is -2.39. The number of fused-ring (bicyclic) bond motifs is 1. The fourth-order valence-electron chi connectivity index (χ4n) is 2.42.